The number of nitrogens with zero attached hydrogens (tertiary/aromatic N) is 2. The molecular formula is C13H27N3O. The number of nitrogens with two attached hydrogens (primary N) is 1. The van der Waals surface area contributed by atoms with Crippen molar-refractivity contribution in [2.75, 3.05) is 32.8 Å². The summed E-state index contributed by atoms with van der Waals surface area (Å²) in [6, 6.07) is 0. The van der Waals surface area contributed by atoms with Crippen LogP contribution >= 0.6 is 0 Å². The lowest BCUT2D eigenvalue weighted by Gasteiger charge is -2.31. The van der Waals surface area contributed by atoms with Crippen LogP contribution in [0.1, 0.15) is 33.6 Å². The summed E-state index contributed by atoms with van der Waals surface area (Å²) in [5.74, 6) is 2.00. The van der Waals surface area contributed by atoms with Gasteiger partial charge in [-0.05, 0) is 24.7 Å². The highest BCUT2D eigenvalue weighted by atomic mass is 16.5. The van der Waals surface area contributed by atoms with E-state index in [-0.39, 0.29) is 0 Å². The highest BCUT2D eigenvalue weighted by molar-refractivity contribution is 5.78. The Labute approximate surface area is 105 Å². The molecule has 1 aliphatic rings. The van der Waals surface area contributed by atoms with Crippen molar-refractivity contribution >= 4 is 5.96 Å². The molecule has 0 saturated carbocycles. The zero-order valence-electron chi connectivity index (χ0n) is 11.5. The molecule has 17 heavy (non-hydrogen) atoms. The average molecular weight is 241 g/mol. The van der Waals surface area contributed by atoms with E-state index in [4.69, 9.17) is 10.5 Å². The van der Waals surface area contributed by atoms with Gasteiger partial charge in [0.15, 0.2) is 5.96 Å². The standard InChI is InChI=1S/C13H27N3O/c1-11(2)10-17-8-6-15-13(14)16-7-4-5-12(3)9-16/h11-12H,4-10H2,1-3H3,(H2,14,15). The first-order valence-corrected chi connectivity index (χ1v) is 6.72. The van der Waals surface area contributed by atoms with Gasteiger partial charge in [-0.2, -0.15) is 0 Å². The van der Waals surface area contributed by atoms with Gasteiger partial charge in [-0.3, -0.25) is 4.99 Å². The van der Waals surface area contributed by atoms with Gasteiger partial charge in [-0.25, -0.2) is 0 Å². The molecule has 0 aromatic carbocycles. The summed E-state index contributed by atoms with van der Waals surface area (Å²) in [6.07, 6.45) is 2.53. The van der Waals surface area contributed by atoms with Crippen molar-refractivity contribution in [1.29, 1.82) is 0 Å². The summed E-state index contributed by atoms with van der Waals surface area (Å²) < 4.78 is 5.47. The first-order chi connectivity index (χ1) is 8.09. The van der Waals surface area contributed by atoms with Crippen molar-refractivity contribution in [2.24, 2.45) is 22.6 Å². The van der Waals surface area contributed by atoms with E-state index in [2.05, 4.69) is 30.7 Å². The van der Waals surface area contributed by atoms with Crippen LogP contribution in [0, 0.1) is 11.8 Å². The van der Waals surface area contributed by atoms with Gasteiger partial charge in [0.2, 0.25) is 0 Å². The maximum Gasteiger partial charge on any atom is 0.191 e. The van der Waals surface area contributed by atoms with Gasteiger partial charge in [0.1, 0.15) is 0 Å². The highest BCUT2D eigenvalue weighted by Crippen LogP contribution is 2.14. The number of ether oxygens (including phenoxy) is 1. The third-order valence-corrected chi connectivity index (χ3v) is 2.94. The summed E-state index contributed by atoms with van der Waals surface area (Å²) in [5, 5.41) is 0. The molecule has 1 aliphatic heterocycles. The van der Waals surface area contributed by atoms with E-state index >= 15 is 0 Å². The van der Waals surface area contributed by atoms with Gasteiger partial charge in [0, 0.05) is 19.7 Å². The van der Waals surface area contributed by atoms with Crippen LogP contribution < -0.4 is 5.73 Å². The number of piperidine rings is 1. The minimum atomic E-state index is 0.583. The maximum atomic E-state index is 5.97. The lowest BCUT2D eigenvalue weighted by atomic mass is 10.0. The molecule has 1 atom stereocenters. The van der Waals surface area contributed by atoms with Crippen molar-refractivity contribution in [3.63, 3.8) is 0 Å². The summed E-state index contributed by atoms with van der Waals surface area (Å²) in [5.41, 5.74) is 5.97. The Balaban J connectivity index is 2.19. The Bertz CT molecular complexity index is 241. The van der Waals surface area contributed by atoms with Crippen LogP contribution in [0.2, 0.25) is 0 Å². The van der Waals surface area contributed by atoms with Crippen LogP contribution in [0.5, 0.6) is 0 Å². The number of likely N-dealkylation sites (tertiary alicyclic amines) is 1. The summed E-state index contributed by atoms with van der Waals surface area (Å²) in [4.78, 5) is 6.57. The van der Waals surface area contributed by atoms with Gasteiger partial charge in [-0.1, -0.05) is 20.8 Å². The minimum absolute atomic E-state index is 0.583. The molecule has 100 valence electrons. The number of aliphatic imine (C=N–C) groups is 1. The highest BCUT2D eigenvalue weighted by Gasteiger charge is 2.17. The molecule has 4 nitrogen and oxygen atoms in total. The van der Waals surface area contributed by atoms with Gasteiger partial charge in [0.05, 0.1) is 13.2 Å². The smallest absolute Gasteiger partial charge is 0.191 e. The molecule has 0 aromatic rings. The molecule has 1 heterocycles. The fourth-order valence-electron chi connectivity index (χ4n) is 2.04. The quantitative estimate of drug-likeness (QED) is 0.453. The second-order valence-electron chi connectivity index (χ2n) is 5.40. The lowest BCUT2D eigenvalue weighted by Crippen LogP contribution is -2.43. The number of hydrogen-bond acceptors (Lipinski definition) is 2. The Kier molecular flexibility index (Phi) is 6.34. The Morgan fingerprint density at radius 2 is 2.29 bits per heavy atom. The molecule has 2 N–H and O–H groups in total. The summed E-state index contributed by atoms with van der Waals surface area (Å²) >= 11 is 0. The van der Waals surface area contributed by atoms with Crippen LogP contribution in [0.25, 0.3) is 0 Å². The molecule has 0 amide bonds. The molecule has 0 radical (unpaired) electrons. The van der Waals surface area contributed by atoms with E-state index < -0.39 is 0 Å². The van der Waals surface area contributed by atoms with Gasteiger partial charge in [-0.15, -0.1) is 0 Å². The third-order valence-electron chi connectivity index (χ3n) is 2.94. The van der Waals surface area contributed by atoms with Crippen molar-refractivity contribution in [3.8, 4) is 0 Å². The van der Waals surface area contributed by atoms with Crippen molar-refractivity contribution < 1.29 is 4.74 Å². The second-order valence-corrected chi connectivity index (χ2v) is 5.40. The fourth-order valence-corrected chi connectivity index (χ4v) is 2.04. The van der Waals surface area contributed by atoms with Crippen LogP contribution in [0.4, 0.5) is 0 Å². The molecule has 0 spiro atoms. The average Bonchev–Trinajstić information content (AvgIpc) is 2.28. The molecule has 1 fully saturated rings. The number of rotatable bonds is 5. The van der Waals surface area contributed by atoms with E-state index in [1.54, 1.807) is 0 Å². The van der Waals surface area contributed by atoms with E-state index in [1.807, 2.05) is 0 Å². The summed E-state index contributed by atoms with van der Waals surface area (Å²) in [6.45, 7) is 10.8. The maximum absolute atomic E-state index is 5.97. The van der Waals surface area contributed by atoms with E-state index in [9.17, 15) is 0 Å². The molecule has 0 aromatic heterocycles. The van der Waals surface area contributed by atoms with Crippen molar-refractivity contribution in [3.05, 3.63) is 0 Å². The van der Waals surface area contributed by atoms with Crippen molar-refractivity contribution in [1.82, 2.24) is 4.90 Å². The molecule has 1 unspecified atom stereocenters. The second kappa shape index (κ2) is 7.54. The van der Waals surface area contributed by atoms with E-state index in [1.165, 1.54) is 12.8 Å². The van der Waals surface area contributed by atoms with Crippen LogP contribution in [-0.2, 0) is 4.74 Å². The van der Waals surface area contributed by atoms with E-state index in [0.717, 1.165) is 25.6 Å². The predicted molar refractivity (Wildman–Crippen MR) is 72.1 cm³/mol. The van der Waals surface area contributed by atoms with Gasteiger partial charge >= 0.3 is 0 Å². The van der Waals surface area contributed by atoms with Gasteiger partial charge < -0.3 is 15.4 Å². The lowest BCUT2D eigenvalue weighted by molar-refractivity contribution is 0.116. The summed E-state index contributed by atoms with van der Waals surface area (Å²) in [7, 11) is 0. The first-order valence-electron chi connectivity index (χ1n) is 6.72. The third kappa shape index (κ3) is 5.91. The zero-order chi connectivity index (χ0) is 12.7. The molecule has 4 heteroatoms. The van der Waals surface area contributed by atoms with Crippen LogP contribution in [0.3, 0.4) is 0 Å². The molecule has 1 saturated heterocycles. The number of guanidine groups is 1. The Morgan fingerprint density at radius 1 is 1.53 bits per heavy atom. The molecule has 0 aliphatic carbocycles. The Hall–Kier alpha value is -0.770. The topological polar surface area (TPSA) is 50.9 Å². The van der Waals surface area contributed by atoms with Gasteiger partial charge in [0.25, 0.3) is 0 Å². The fraction of sp³-hybridized carbons (Fsp3) is 0.923. The van der Waals surface area contributed by atoms with Crippen molar-refractivity contribution in [2.45, 2.75) is 33.6 Å². The SMILES string of the molecule is CC(C)COCCN=C(N)N1CCCC(C)C1. The molecule has 0 bridgehead atoms. The van der Waals surface area contributed by atoms with E-state index in [0.29, 0.717) is 25.0 Å². The number of hydrogen-bond donors (Lipinski definition) is 1. The van der Waals surface area contributed by atoms with Crippen LogP contribution in [0.15, 0.2) is 4.99 Å². The zero-order valence-corrected chi connectivity index (χ0v) is 11.5. The minimum Gasteiger partial charge on any atom is -0.379 e. The molecular weight excluding hydrogens is 214 g/mol. The van der Waals surface area contributed by atoms with Crippen LogP contribution in [-0.4, -0.2) is 43.7 Å². The monoisotopic (exact) mass is 241 g/mol. The molecule has 1 rings (SSSR count). The largest absolute Gasteiger partial charge is 0.379 e. The first kappa shape index (κ1) is 14.3. The Morgan fingerprint density at radius 3 is 2.94 bits per heavy atom. The predicted octanol–water partition coefficient (Wildman–Crippen LogP) is 1.71. The normalized spacial score (nSPS) is 22.2.